The summed E-state index contributed by atoms with van der Waals surface area (Å²) in [5.41, 5.74) is 1.50. The van der Waals surface area contributed by atoms with Gasteiger partial charge in [-0.05, 0) is 23.8 Å². The SMILES string of the molecule is COc1ccc2c([N+](=O)[O-])c(NCc3ccc(Cl)nc3)[nH]c2c1. The highest BCUT2D eigenvalue weighted by atomic mass is 35.5. The summed E-state index contributed by atoms with van der Waals surface area (Å²) in [4.78, 5) is 18.0. The number of hydrogen-bond donors (Lipinski definition) is 2. The minimum atomic E-state index is -0.409. The molecule has 2 N–H and O–H groups in total. The molecule has 0 bridgehead atoms. The summed E-state index contributed by atoms with van der Waals surface area (Å²) in [6.45, 7) is 0.384. The Kier molecular flexibility index (Phi) is 4.03. The van der Waals surface area contributed by atoms with Gasteiger partial charge in [0.15, 0.2) is 5.82 Å². The van der Waals surface area contributed by atoms with Crippen LogP contribution in [0.1, 0.15) is 5.56 Å². The Bertz CT molecular complexity index is 861. The van der Waals surface area contributed by atoms with Crippen LogP contribution in [-0.4, -0.2) is 22.0 Å². The van der Waals surface area contributed by atoms with Gasteiger partial charge in [0.05, 0.1) is 22.9 Å². The smallest absolute Gasteiger partial charge is 0.318 e. The summed E-state index contributed by atoms with van der Waals surface area (Å²) in [5, 5.41) is 15.3. The van der Waals surface area contributed by atoms with Crippen molar-refractivity contribution in [2.24, 2.45) is 0 Å². The molecule has 0 fully saturated rings. The van der Waals surface area contributed by atoms with E-state index in [-0.39, 0.29) is 5.69 Å². The van der Waals surface area contributed by atoms with Crippen molar-refractivity contribution in [3.63, 3.8) is 0 Å². The number of fused-ring (bicyclic) bond motifs is 1. The maximum Gasteiger partial charge on any atom is 0.318 e. The highest BCUT2D eigenvalue weighted by molar-refractivity contribution is 6.29. The number of nitrogens with one attached hydrogen (secondary N) is 2. The first-order chi connectivity index (χ1) is 11.1. The lowest BCUT2D eigenvalue weighted by atomic mass is 10.2. The maximum absolute atomic E-state index is 11.4. The molecule has 118 valence electrons. The van der Waals surface area contributed by atoms with E-state index in [1.54, 1.807) is 43.6 Å². The molecule has 0 spiro atoms. The van der Waals surface area contributed by atoms with E-state index < -0.39 is 4.92 Å². The minimum Gasteiger partial charge on any atom is -0.497 e. The molecule has 0 saturated heterocycles. The number of rotatable bonds is 5. The molecular weight excluding hydrogens is 320 g/mol. The van der Waals surface area contributed by atoms with Crippen molar-refractivity contribution in [2.75, 3.05) is 12.4 Å². The first-order valence-corrected chi connectivity index (χ1v) is 7.14. The van der Waals surface area contributed by atoms with Crippen LogP contribution >= 0.6 is 11.6 Å². The van der Waals surface area contributed by atoms with Crippen molar-refractivity contribution in [3.05, 3.63) is 57.4 Å². The van der Waals surface area contributed by atoms with Crippen LogP contribution in [0.5, 0.6) is 5.75 Å². The van der Waals surface area contributed by atoms with Crippen molar-refractivity contribution in [2.45, 2.75) is 6.54 Å². The molecule has 3 rings (SSSR count). The highest BCUT2D eigenvalue weighted by Gasteiger charge is 2.22. The van der Waals surface area contributed by atoms with Crippen molar-refractivity contribution in [3.8, 4) is 5.75 Å². The zero-order chi connectivity index (χ0) is 16.4. The van der Waals surface area contributed by atoms with E-state index in [1.807, 2.05) is 0 Å². The van der Waals surface area contributed by atoms with Crippen LogP contribution in [0.15, 0.2) is 36.5 Å². The Hall–Kier alpha value is -2.80. The van der Waals surface area contributed by atoms with Crippen molar-refractivity contribution < 1.29 is 9.66 Å². The maximum atomic E-state index is 11.4. The molecule has 23 heavy (non-hydrogen) atoms. The number of benzene rings is 1. The number of ether oxygens (including phenoxy) is 1. The van der Waals surface area contributed by atoms with Crippen LogP contribution in [-0.2, 0) is 6.54 Å². The van der Waals surface area contributed by atoms with Crippen LogP contribution in [0.25, 0.3) is 10.9 Å². The van der Waals surface area contributed by atoms with Gasteiger partial charge in [0.2, 0.25) is 0 Å². The number of pyridine rings is 1. The molecule has 0 aliphatic carbocycles. The summed E-state index contributed by atoms with van der Waals surface area (Å²) in [5.74, 6) is 0.968. The quantitative estimate of drug-likeness (QED) is 0.421. The molecule has 0 unspecified atom stereocenters. The molecule has 2 heterocycles. The van der Waals surface area contributed by atoms with Gasteiger partial charge in [-0.15, -0.1) is 0 Å². The number of H-pyrrole nitrogens is 1. The lowest BCUT2D eigenvalue weighted by Gasteiger charge is -2.03. The zero-order valence-electron chi connectivity index (χ0n) is 12.2. The summed E-state index contributed by atoms with van der Waals surface area (Å²) in [6, 6.07) is 8.55. The summed E-state index contributed by atoms with van der Waals surface area (Å²) < 4.78 is 5.14. The van der Waals surface area contributed by atoms with E-state index in [4.69, 9.17) is 16.3 Å². The molecule has 3 aromatic rings. The van der Waals surface area contributed by atoms with E-state index in [1.165, 1.54) is 0 Å². The van der Waals surface area contributed by atoms with E-state index in [0.717, 1.165) is 5.56 Å². The van der Waals surface area contributed by atoms with Crippen LogP contribution < -0.4 is 10.1 Å². The van der Waals surface area contributed by atoms with Gasteiger partial charge in [0.1, 0.15) is 10.9 Å². The van der Waals surface area contributed by atoms with Gasteiger partial charge in [-0.25, -0.2) is 4.98 Å². The number of halogens is 1. The molecule has 0 radical (unpaired) electrons. The molecular formula is C15H13ClN4O3. The molecule has 0 saturated carbocycles. The van der Waals surface area contributed by atoms with Crippen molar-refractivity contribution in [1.29, 1.82) is 0 Å². The van der Waals surface area contributed by atoms with E-state index in [0.29, 0.717) is 34.2 Å². The van der Waals surface area contributed by atoms with Crippen molar-refractivity contribution >= 4 is 34.0 Å². The van der Waals surface area contributed by atoms with E-state index in [2.05, 4.69) is 15.3 Å². The van der Waals surface area contributed by atoms with E-state index in [9.17, 15) is 10.1 Å². The Labute approximate surface area is 136 Å². The van der Waals surface area contributed by atoms with Gasteiger partial charge >= 0.3 is 5.69 Å². The molecule has 2 aromatic heterocycles. The first kappa shape index (κ1) is 15.1. The van der Waals surface area contributed by atoms with E-state index >= 15 is 0 Å². The first-order valence-electron chi connectivity index (χ1n) is 6.77. The number of aromatic nitrogens is 2. The number of aromatic amines is 1. The molecule has 0 amide bonds. The summed E-state index contributed by atoms with van der Waals surface area (Å²) in [7, 11) is 1.55. The third-order valence-electron chi connectivity index (χ3n) is 3.42. The second kappa shape index (κ2) is 6.13. The summed E-state index contributed by atoms with van der Waals surface area (Å²) >= 11 is 5.74. The lowest BCUT2D eigenvalue weighted by Crippen LogP contribution is -2.02. The number of anilines is 1. The average molecular weight is 333 g/mol. The van der Waals surface area contributed by atoms with Crippen molar-refractivity contribution in [1.82, 2.24) is 9.97 Å². The Morgan fingerprint density at radius 3 is 2.87 bits per heavy atom. The van der Waals surface area contributed by atoms with Gasteiger partial charge in [-0.2, -0.15) is 0 Å². The second-order valence-electron chi connectivity index (χ2n) is 4.86. The second-order valence-corrected chi connectivity index (χ2v) is 5.25. The number of methoxy groups -OCH3 is 1. The number of nitro groups is 1. The predicted octanol–water partition coefficient (Wildman–Crippen LogP) is 3.75. The van der Waals surface area contributed by atoms with Gasteiger partial charge in [-0.1, -0.05) is 17.7 Å². The highest BCUT2D eigenvalue weighted by Crippen LogP contribution is 2.35. The minimum absolute atomic E-state index is 0.00424. The fourth-order valence-corrected chi connectivity index (χ4v) is 2.42. The zero-order valence-corrected chi connectivity index (χ0v) is 12.9. The average Bonchev–Trinajstić information content (AvgIpc) is 2.91. The fourth-order valence-electron chi connectivity index (χ4n) is 2.31. The lowest BCUT2D eigenvalue weighted by molar-refractivity contribution is -0.382. The number of nitrogens with zero attached hydrogens (tertiary/aromatic N) is 2. The van der Waals surface area contributed by atoms with Gasteiger partial charge < -0.3 is 15.0 Å². The topological polar surface area (TPSA) is 93.1 Å². The molecule has 0 aliphatic rings. The normalized spacial score (nSPS) is 10.7. The number of hydrogen-bond acceptors (Lipinski definition) is 5. The van der Waals surface area contributed by atoms with Gasteiger partial charge in [-0.3, -0.25) is 10.1 Å². The monoisotopic (exact) mass is 332 g/mol. The molecule has 7 nitrogen and oxygen atoms in total. The predicted molar refractivity (Wildman–Crippen MR) is 88.1 cm³/mol. The standard InChI is InChI=1S/C15H13ClN4O3/c1-23-10-3-4-11-12(6-10)19-15(14(11)20(21)22)18-8-9-2-5-13(16)17-7-9/h2-7,18-19H,8H2,1H3. The Balaban J connectivity index is 1.94. The van der Waals surface area contributed by atoms with Gasteiger partial charge in [0.25, 0.3) is 0 Å². The molecule has 0 aliphatic heterocycles. The fraction of sp³-hybridized carbons (Fsp3) is 0.133. The Morgan fingerprint density at radius 1 is 1.39 bits per heavy atom. The third kappa shape index (κ3) is 3.04. The van der Waals surface area contributed by atoms with Crippen LogP contribution in [0.2, 0.25) is 5.15 Å². The molecule has 1 aromatic carbocycles. The summed E-state index contributed by atoms with van der Waals surface area (Å²) in [6.07, 6.45) is 1.62. The van der Waals surface area contributed by atoms with Gasteiger partial charge in [0, 0.05) is 18.8 Å². The molecule has 0 atom stereocenters. The molecule has 8 heteroatoms. The largest absolute Gasteiger partial charge is 0.497 e. The van der Waals surface area contributed by atoms with Crippen LogP contribution in [0.4, 0.5) is 11.5 Å². The van der Waals surface area contributed by atoms with Crippen LogP contribution in [0.3, 0.4) is 0 Å². The van der Waals surface area contributed by atoms with Crippen LogP contribution in [0, 0.1) is 10.1 Å². The third-order valence-corrected chi connectivity index (χ3v) is 3.64. The Morgan fingerprint density at radius 2 is 2.22 bits per heavy atom.